The standard InChI is InChI=1S/C36H29Cl2F3N2O4/c1-2-46-32-19-23(11-16-31(32)47-20-21-7-12-25(37)13-8-21)34-33-28(17-24(18-30(33)44)22-9-14-26(38)15-10-22)42-27-5-3-4-6-29(27)43(34)35(45)36(39,40)41/h3-16,19,24,34,42H,2,17-18,20H2,1H3/t24-,34-/m1/s1. The van der Waals surface area contributed by atoms with Crippen LogP contribution in [0.15, 0.2) is 102 Å². The molecule has 0 aromatic heterocycles. The number of nitrogens with one attached hydrogen (secondary N) is 1. The number of halogens is 5. The first-order valence-corrected chi connectivity index (χ1v) is 15.7. The van der Waals surface area contributed by atoms with Crippen molar-refractivity contribution >= 4 is 46.3 Å². The Balaban J connectivity index is 1.48. The number of rotatable bonds is 7. The first kappa shape index (κ1) is 32.5. The Morgan fingerprint density at radius 2 is 1.53 bits per heavy atom. The molecule has 0 saturated carbocycles. The Morgan fingerprint density at radius 3 is 2.21 bits per heavy atom. The highest BCUT2D eigenvalue weighted by Gasteiger charge is 2.50. The quantitative estimate of drug-likeness (QED) is 0.211. The molecule has 6 rings (SSSR count). The number of amides is 1. The summed E-state index contributed by atoms with van der Waals surface area (Å²) in [5, 5.41) is 4.36. The van der Waals surface area contributed by atoms with Crippen LogP contribution in [-0.2, 0) is 16.2 Å². The van der Waals surface area contributed by atoms with Gasteiger partial charge in [0.25, 0.3) is 0 Å². The first-order valence-electron chi connectivity index (χ1n) is 15.0. The molecule has 1 aliphatic heterocycles. The maximum absolute atomic E-state index is 14.4. The topological polar surface area (TPSA) is 67.9 Å². The number of fused-ring (bicyclic) bond motifs is 1. The molecule has 11 heteroatoms. The van der Waals surface area contributed by atoms with Crippen molar-refractivity contribution in [2.24, 2.45) is 0 Å². The molecule has 242 valence electrons. The second-order valence-corrected chi connectivity index (χ2v) is 12.1. The van der Waals surface area contributed by atoms with Gasteiger partial charge in [0.2, 0.25) is 0 Å². The van der Waals surface area contributed by atoms with Gasteiger partial charge in [-0.25, -0.2) is 0 Å². The molecule has 4 aromatic rings. The fourth-order valence-electron chi connectivity index (χ4n) is 6.06. The van der Waals surface area contributed by atoms with Gasteiger partial charge in [-0.05, 0) is 84.5 Å². The molecule has 0 spiro atoms. The largest absolute Gasteiger partial charge is 0.490 e. The number of benzene rings is 4. The van der Waals surface area contributed by atoms with Gasteiger partial charge < -0.3 is 14.8 Å². The van der Waals surface area contributed by atoms with E-state index in [-0.39, 0.29) is 59.6 Å². The molecule has 0 fully saturated rings. The summed E-state index contributed by atoms with van der Waals surface area (Å²) >= 11 is 12.1. The normalized spacial score (nSPS) is 17.7. The maximum atomic E-state index is 14.4. The summed E-state index contributed by atoms with van der Waals surface area (Å²) in [4.78, 5) is 28.1. The van der Waals surface area contributed by atoms with E-state index in [1.54, 1.807) is 67.6 Å². The lowest BCUT2D eigenvalue weighted by Gasteiger charge is -2.35. The van der Waals surface area contributed by atoms with E-state index in [0.29, 0.717) is 32.8 Å². The molecule has 0 bridgehead atoms. The number of nitrogens with zero attached hydrogens (tertiary/aromatic N) is 1. The molecule has 1 amide bonds. The Bertz CT molecular complexity index is 1840. The lowest BCUT2D eigenvalue weighted by molar-refractivity contribution is -0.170. The summed E-state index contributed by atoms with van der Waals surface area (Å²) < 4.78 is 55.0. The van der Waals surface area contributed by atoms with Crippen LogP contribution in [0.25, 0.3) is 0 Å². The van der Waals surface area contributed by atoms with Gasteiger partial charge in [-0.1, -0.05) is 65.7 Å². The van der Waals surface area contributed by atoms with E-state index >= 15 is 0 Å². The van der Waals surface area contributed by atoms with E-state index in [4.69, 9.17) is 32.7 Å². The smallest absolute Gasteiger partial charge is 0.471 e. The Labute approximate surface area is 279 Å². The van der Waals surface area contributed by atoms with Crippen LogP contribution in [0.1, 0.15) is 48.4 Å². The van der Waals surface area contributed by atoms with Gasteiger partial charge in [0.05, 0.1) is 24.0 Å². The van der Waals surface area contributed by atoms with Gasteiger partial charge in [-0.2, -0.15) is 13.2 Å². The van der Waals surface area contributed by atoms with Crippen molar-refractivity contribution in [3.8, 4) is 11.5 Å². The van der Waals surface area contributed by atoms with Gasteiger partial charge in [0.1, 0.15) is 6.61 Å². The van der Waals surface area contributed by atoms with Crippen LogP contribution in [0.3, 0.4) is 0 Å². The van der Waals surface area contributed by atoms with Crippen LogP contribution in [-0.4, -0.2) is 24.5 Å². The van der Waals surface area contributed by atoms with E-state index in [1.165, 1.54) is 6.07 Å². The number of anilines is 2. The molecule has 6 nitrogen and oxygen atoms in total. The highest BCUT2D eigenvalue weighted by molar-refractivity contribution is 6.30. The number of ether oxygens (including phenoxy) is 2. The van der Waals surface area contributed by atoms with Crippen molar-refractivity contribution in [1.82, 2.24) is 0 Å². The maximum Gasteiger partial charge on any atom is 0.471 e. The third kappa shape index (κ3) is 6.82. The molecule has 1 heterocycles. The Hall–Kier alpha value is -4.47. The zero-order chi connectivity index (χ0) is 33.3. The van der Waals surface area contributed by atoms with Crippen molar-refractivity contribution in [3.05, 3.63) is 129 Å². The average Bonchev–Trinajstić information content (AvgIpc) is 3.19. The first-order chi connectivity index (χ1) is 22.5. The molecule has 1 N–H and O–H groups in total. The molecule has 2 atom stereocenters. The number of hydrogen-bond acceptors (Lipinski definition) is 5. The summed E-state index contributed by atoms with van der Waals surface area (Å²) in [5.41, 5.74) is 2.76. The highest BCUT2D eigenvalue weighted by Crippen LogP contribution is 2.49. The van der Waals surface area contributed by atoms with Crippen LogP contribution < -0.4 is 19.7 Å². The van der Waals surface area contributed by atoms with Crippen molar-refractivity contribution in [2.75, 3.05) is 16.8 Å². The van der Waals surface area contributed by atoms with Gasteiger partial charge in [0, 0.05) is 27.7 Å². The zero-order valence-electron chi connectivity index (χ0n) is 25.1. The van der Waals surface area contributed by atoms with E-state index in [0.717, 1.165) is 11.1 Å². The molecule has 0 saturated heterocycles. The van der Waals surface area contributed by atoms with Crippen molar-refractivity contribution < 1.29 is 32.2 Å². The summed E-state index contributed by atoms with van der Waals surface area (Å²) in [6.07, 6.45) is -4.88. The van der Waals surface area contributed by atoms with Crippen LogP contribution in [0, 0.1) is 0 Å². The molecule has 47 heavy (non-hydrogen) atoms. The Kier molecular flexibility index (Phi) is 9.21. The summed E-state index contributed by atoms with van der Waals surface area (Å²) in [7, 11) is 0. The number of hydrogen-bond donors (Lipinski definition) is 1. The fraction of sp³-hybridized carbons (Fsp3) is 0.222. The van der Waals surface area contributed by atoms with E-state index < -0.39 is 18.1 Å². The molecule has 0 radical (unpaired) electrons. The Morgan fingerprint density at radius 1 is 0.872 bits per heavy atom. The lowest BCUT2D eigenvalue weighted by Crippen LogP contribution is -2.45. The molecular weight excluding hydrogens is 652 g/mol. The molecule has 2 aliphatic rings. The van der Waals surface area contributed by atoms with E-state index in [2.05, 4.69) is 5.32 Å². The minimum atomic E-state index is -5.23. The van der Waals surface area contributed by atoms with Gasteiger partial charge >= 0.3 is 12.1 Å². The van der Waals surface area contributed by atoms with Crippen molar-refractivity contribution in [2.45, 2.75) is 44.5 Å². The number of carbonyl (C=O) groups excluding carboxylic acids is 2. The fourth-order valence-corrected chi connectivity index (χ4v) is 6.31. The van der Waals surface area contributed by atoms with Crippen molar-refractivity contribution in [1.29, 1.82) is 0 Å². The van der Waals surface area contributed by atoms with Crippen LogP contribution >= 0.6 is 23.2 Å². The van der Waals surface area contributed by atoms with Gasteiger partial charge in [-0.15, -0.1) is 0 Å². The van der Waals surface area contributed by atoms with Crippen molar-refractivity contribution in [3.63, 3.8) is 0 Å². The van der Waals surface area contributed by atoms with Crippen LogP contribution in [0.4, 0.5) is 24.5 Å². The summed E-state index contributed by atoms with van der Waals surface area (Å²) in [6.45, 7) is 2.18. The number of alkyl halides is 3. The number of para-hydroxylation sites is 2. The van der Waals surface area contributed by atoms with Crippen LogP contribution in [0.5, 0.6) is 11.5 Å². The third-order valence-electron chi connectivity index (χ3n) is 8.18. The highest BCUT2D eigenvalue weighted by atomic mass is 35.5. The molecular formula is C36H29Cl2F3N2O4. The van der Waals surface area contributed by atoms with E-state index in [1.807, 2.05) is 24.3 Å². The average molecular weight is 682 g/mol. The predicted octanol–water partition coefficient (Wildman–Crippen LogP) is 9.43. The summed E-state index contributed by atoms with van der Waals surface area (Å²) in [5.74, 6) is -2.13. The number of ketones is 1. The second-order valence-electron chi connectivity index (χ2n) is 11.2. The molecule has 0 unspecified atom stereocenters. The summed E-state index contributed by atoms with van der Waals surface area (Å²) in [6, 6.07) is 23.8. The SMILES string of the molecule is CCOc1cc([C@@H]2C3=C(C[C@@H](c4ccc(Cl)cc4)CC3=O)Nc3ccccc3N2C(=O)C(F)(F)F)ccc1OCc1ccc(Cl)cc1. The minimum Gasteiger partial charge on any atom is -0.490 e. The van der Waals surface area contributed by atoms with E-state index in [9.17, 15) is 22.8 Å². The lowest BCUT2D eigenvalue weighted by atomic mass is 9.78. The second kappa shape index (κ2) is 13.3. The third-order valence-corrected chi connectivity index (χ3v) is 8.69. The number of Topliss-reactive ketones (excluding diaryl/α,β-unsaturated/α-hetero) is 1. The number of allylic oxidation sites excluding steroid dienone is 1. The minimum absolute atomic E-state index is 0.00825. The number of carbonyl (C=O) groups is 2. The van der Waals surface area contributed by atoms with Crippen LogP contribution in [0.2, 0.25) is 10.0 Å². The van der Waals surface area contributed by atoms with Gasteiger partial charge in [-0.3, -0.25) is 14.5 Å². The molecule has 1 aliphatic carbocycles. The zero-order valence-corrected chi connectivity index (χ0v) is 26.6. The predicted molar refractivity (Wildman–Crippen MR) is 175 cm³/mol. The molecule has 4 aromatic carbocycles. The monoisotopic (exact) mass is 680 g/mol. The van der Waals surface area contributed by atoms with Gasteiger partial charge in [0.15, 0.2) is 17.3 Å².